The van der Waals surface area contributed by atoms with Crippen molar-refractivity contribution in [2.24, 2.45) is 11.7 Å². The zero-order chi connectivity index (χ0) is 21.6. The molecule has 0 radical (unpaired) electrons. The lowest BCUT2D eigenvalue weighted by Gasteiger charge is -2.30. The molecule has 2 aromatic carbocycles. The van der Waals surface area contributed by atoms with E-state index in [1.165, 1.54) is 5.56 Å². The summed E-state index contributed by atoms with van der Waals surface area (Å²) < 4.78 is 5.21. The number of hydrogen-bond acceptors (Lipinski definition) is 5. The number of likely N-dealkylation sites (tertiary alicyclic amines) is 1. The molecule has 160 valence electrons. The van der Waals surface area contributed by atoms with Crippen LogP contribution in [0, 0.1) is 5.92 Å². The molecule has 0 bridgehead atoms. The number of nitrogens with one attached hydrogen (secondary N) is 1. The Balaban J connectivity index is 1.27. The molecule has 0 spiro atoms. The van der Waals surface area contributed by atoms with Crippen molar-refractivity contribution in [2.75, 3.05) is 25.0 Å². The first-order chi connectivity index (χ1) is 15.1. The summed E-state index contributed by atoms with van der Waals surface area (Å²) in [7, 11) is 0. The zero-order valence-corrected chi connectivity index (χ0v) is 17.3. The maximum absolute atomic E-state index is 12.5. The van der Waals surface area contributed by atoms with Crippen LogP contribution < -0.4 is 11.1 Å². The Hall–Kier alpha value is -3.45. The lowest BCUT2D eigenvalue weighted by molar-refractivity contribution is -0.123. The number of carbonyl (C=O) groups excluding carboxylic acids is 2. The largest absolute Gasteiger partial charge is 0.369 e. The van der Waals surface area contributed by atoms with Gasteiger partial charge in [-0.3, -0.25) is 9.59 Å². The van der Waals surface area contributed by atoms with Crippen LogP contribution in [0.3, 0.4) is 0 Å². The van der Waals surface area contributed by atoms with Gasteiger partial charge in [-0.15, -0.1) is 0 Å². The monoisotopic (exact) mass is 418 g/mol. The Morgan fingerprint density at radius 3 is 2.45 bits per heavy atom. The summed E-state index contributed by atoms with van der Waals surface area (Å²) in [5, 5.41) is 6.82. The van der Waals surface area contributed by atoms with Crippen molar-refractivity contribution in [3.05, 3.63) is 72.0 Å². The number of piperidine rings is 1. The van der Waals surface area contributed by atoms with Crippen LogP contribution in [-0.2, 0) is 11.2 Å². The van der Waals surface area contributed by atoms with Gasteiger partial charge >= 0.3 is 0 Å². The van der Waals surface area contributed by atoms with E-state index in [2.05, 4.69) is 15.4 Å². The van der Waals surface area contributed by atoms with Crippen LogP contribution >= 0.6 is 0 Å². The first-order valence-electron chi connectivity index (χ1n) is 10.5. The van der Waals surface area contributed by atoms with Crippen LogP contribution in [-0.4, -0.2) is 41.5 Å². The summed E-state index contributed by atoms with van der Waals surface area (Å²) >= 11 is 0. The third-order valence-corrected chi connectivity index (χ3v) is 5.72. The Kier molecular flexibility index (Phi) is 6.43. The maximum atomic E-state index is 12.5. The molecule has 1 aliphatic heterocycles. The van der Waals surface area contributed by atoms with E-state index in [1.54, 1.807) is 6.07 Å². The van der Waals surface area contributed by atoms with E-state index in [0.717, 1.165) is 44.5 Å². The van der Waals surface area contributed by atoms with Gasteiger partial charge in [-0.1, -0.05) is 47.6 Å². The number of amides is 2. The molecule has 0 unspecified atom stereocenters. The van der Waals surface area contributed by atoms with Gasteiger partial charge in [-0.2, -0.15) is 0 Å². The van der Waals surface area contributed by atoms with Crippen LogP contribution in [0.1, 0.15) is 29.0 Å². The van der Waals surface area contributed by atoms with Crippen molar-refractivity contribution >= 4 is 17.5 Å². The third-order valence-electron chi connectivity index (χ3n) is 5.72. The van der Waals surface area contributed by atoms with E-state index >= 15 is 0 Å². The quantitative estimate of drug-likeness (QED) is 0.613. The van der Waals surface area contributed by atoms with Crippen LogP contribution in [0.4, 0.5) is 5.69 Å². The number of nitrogens with two attached hydrogens (primary N) is 1. The molecule has 1 aromatic heterocycles. The summed E-state index contributed by atoms with van der Waals surface area (Å²) in [6, 6.07) is 19.0. The fourth-order valence-electron chi connectivity index (χ4n) is 3.80. The van der Waals surface area contributed by atoms with Gasteiger partial charge in [0.1, 0.15) is 5.69 Å². The molecule has 2 heterocycles. The fourth-order valence-corrected chi connectivity index (χ4v) is 3.80. The Morgan fingerprint density at radius 1 is 1.06 bits per heavy atom. The minimum atomic E-state index is -0.334. The van der Waals surface area contributed by atoms with E-state index < -0.39 is 0 Å². The normalized spacial score (nSPS) is 15.0. The first kappa shape index (κ1) is 20.8. The smallest absolute Gasteiger partial charge is 0.294 e. The summed E-state index contributed by atoms with van der Waals surface area (Å²) in [6.07, 6.45) is 2.60. The van der Waals surface area contributed by atoms with Gasteiger partial charge in [0.15, 0.2) is 0 Å². The second kappa shape index (κ2) is 9.57. The van der Waals surface area contributed by atoms with E-state index in [0.29, 0.717) is 11.4 Å². The van der Waals surface area contributed by atoms with Gasteiger partial charge in [0.2, 0.25) is 11.7 Å². The molecule has 7 nitrogen and oxygen atoms in total. The zero-order valence-electron chi connectivity index (χ0n) is 17.3. The molecule has 0 aliphatic carbocycles. The predicted molar refractivity (Wildman–Crippen MR) is 118 cm³/mol. The summed E-state index contributed by atoms with van der Waals surface area (Å²) in [6.45, 7) is 2.76. The number of benzene rings is 2. The molecular formula is C24H26N4O3. The molecule has 3 aromatic rings. The van der Waals surface area contributed by atoms with Crippen molar-refractivity contribution < 1.29 is 14.1 Å². The predicted octanol–water partition coefficient (Wildman–Crippen LogP) is 3.33. The lowest BCUT2D eigenvalue weighted by Crippen LogP contribution is -2.39. The van der Waals surface area contributed by atoms with Crippen LogP contribution in [0.2, 0.25) is 0 Å². The maximum Gasteiger partial charge on any atom is 0.294 e. The van der Waals surface area contributed by atoms with Crippen molar-refractivity contribution in [2.45, 2.75) is 19.3 Å². The molecule has 0 saturated carbocycles. The lowest BCUT2D eigenvalue weighted by atomic mass is 9.96. The molecule has 4 rings (SSSR count). The number of rotatable bonds is 7. The van der Waals surface area contributed by atoms with Gasteiger partial charge in [0.05, 0.1) is 0 Å². The Morgan fingerprint density at radius 2 is 1.77 bits per heavy atom. The average Bonchev–Trinajstić information content (AvgIpc) is 3.30. The van der Waals surface area contributed by atoms with Gasteiger partial charge in [0.25, 0.3) is 5.91 Å². The molecule has 31 heavy (non-hydrogen) atoms. The molecule has 1 saturated heterocycles. The Bertz CT molecular complexity index is 1020. The van der Waals surface area contributed by atoms with Crippen LogP contribution in [0.25, 0.3) is 11.3 Å². The second-order valence-corrected chi connectivity index (χ2v) is 7.86. The van der Waals surface area contributed by atoms with Gasteiger partial charge in [-0.05, 0) is 50.0 Å². The van der Waals surface area contributed by atoms with Crippen LogP contribution in [0.15, 0.2) is 65.2 Å². The number of primary amides is 1. The molecule has 0 atom stereocenters. The average molecular weight is 418 g/mol. The van der Waals surface area contributed by atoms with Gasteiger partial charge in [0, 0.05) is 29.8 Å². The Labute approximate surface area is 181 Å². The number of nitrogens with zero attached hydrogens (tertiary/aromatic N) is 2. The summed E-state index contributed by atoms with van der Waals surface area (Å²) in [4.78, 5) is 26.1. The van der Waals surface area contributed by atoms with Gasteiger partial charge < -0.3 is 20.5 Å². The number of aromatic nitrogens is 1. The number of hydrogen-bond donors (Lipinski definition) is 2. The minimum absolute atomic E-state index is 0.0206. The van der Waals surface area contributed by atoms with Crippen molar-refractivity contribution in [1.29, 1.82) is 0 Å². The standard InChI is InChI=1S/C24H26N4O3/c25-23(29)19-11-14-28(15-12-19)13-10-17-6-8-20(9-7-17)26-24(30)22-16-21(27-31-22)18-4-2-1-3-5-18/h1-9,16,19H,10-15H2,(H2,25,29)(H,26,30). The van der Waals surface area contributed by atoms with E-state index in [1.807, 2.05) is 54.6 Å². The number of anilines is 1. The highest BCUT2D eigenvalue weighted by Crippen LogP contribution is 2.20. The topological polar surface area (TPSA) is 101 Å². The highest BCUT2D eigenvalue weighted by atomic mass is 16.5. The van der Waals surface area contributed by atoms with Crippen molar-refractivity contribution in [3.63, 3.8) is 0 Å². The number of carbonyl (C=O) groups is 2. The molecule has 1 fully saturated rings. The molecule has 1 aliphatic rings. The van der Waals surface area contributed by atoms with E-state index in [4.69, 9.17) is 10.3 Å². The van der Waals surface area contributed by atoms with Crippen LogP contribution in [0.5, 0.6) is 0 Å². The van der Waals surface area contributed by atoms with Crippen molar-refractivity contribution in [3.8, 4) is 11.3 Å². The SMILES string of the molecule is NC(=O)C1CCN(CCc2ccc(NC(=O)c3cc(-c4ccccc4)no3)cc2)CC1. The van der Waals surface area contributed by atoms with E-state index in [9.17, 15) is 9.59 Å². The van der Waals surface area contributed by atoms with Crippen molar-refractivity contribution in [1.82, 2.24) is 10.1 Å². The second-order valence-electron chi connectivity index (χ2n) is 7.86. The molecule has 3 N–H and O–H groups in total. The summed E-state index contributed by atoms with van der Waals surface area (Å²) in [5.74, 6) is -0.326. The van der Waals surface area contributed by atoms with E-state index in [-0.39, 0.29) is 23.5 Å². The highest BCUT2D eigenvalue weighted by molar-refractivity contribution is 6.02. The molecule has 7 heteroatoms. The fraction of sp³-hybridized carbons (Fsp3) is 0.292. The molecule has 2 amide bonds. The highest BCUT2D eigenvalue weighted by Gasteiger charge is 2.22. The third kappa shape index (κ3) is 5.38. The minimum Gasteiger partial charge on any atom is -0.369 e. The first-order valence-corrected chi connectivity index (χ1v) is 10.5. The summed E-state index contributed by atoms with van der Waals surface area (Å²) in [5.41, 5.74) is 8.81. The molecular weight excluding hydrogens is 392 g/mol. The van der Waals surface area contributed by atoms with Gasteiger partial charge in [-0.25, -0.2) is 0 Å².